The summed E-state index contributed by atoms with van der Waals surface area (Å²) >= 11 is 0. The van der Waals surface area contributed by atoms with Crippen molar-refractivity contribution in [1.82, 2.24) is 4.98 Å². The number of alkyl halides is 3. The van der Waals surface area contributed by atoms with Crippen molar-refractivity contribution in [2.24, 2.45) is 0 Å². The number of hydrogen-bond acceptors (Lipinski definition) is 3. The minimum atomic E-state index is -4.59. The summed E-state index contributed by atoms with van der Waals surface area (Å²) in [7, 11) is 0. The Morgan fingerprint density at radius 1 is 1.14 bits per heavy atom. The molecule has 0 aliphatic rings. The topological polar surface area (TPSA) is 42.4 Å². The van der Waals surface area contributed by atoms with Gasteiger partial charge >= 0.3 is 6.18 Å². The van der Waals surface area contributed by atoms with Crippen LogP contribution < -0.4 is 4.74 Å². The molecule has 1 aromatic heterocycles. The quantitative estimate of drug-likeness (QED) is 0.878. The monoisotopic (exact) mass is 301 g/mol. The molecule has 0 saturated carbocycles. The van der Waals surface area contributed by atoms with Gasteiger partial charge in [-0.25, -0.2) is 9.37 Å². The molecule has 0 spiro atoms. The molecule has 0 unspecified atom stereocenters. The first-order valence-corrected chi connectivity index (χ1v) is 6.01. The molecule has 0 fully saturated rings. The Balaban J connectivity index is 2.22. The summed E-state index contributed by atoms with van der Waals surface area (Å²) in [6.07, 6.45) is -4.32. The van der Waals surface area contributed by atoms with Crippen molar-refractivity contribution in [1.29, 1.82) is 0 Å². The van der Waals surface area contributed by atoms with E-state index in [1.54, 1.807) is 0 Å². The van der Waals surface area contributed by atoms with Gasteiger partial charge in [-0.3, -0.25) is 0 Å². The Morgan fingerprint density at radius 3 is 2.52 bits per heavy atom. The van der Waals surface area contributed by atoms with Crippen molar-refractivity contribution in [2.75, 3.05) is 6.61 Å². The second kappa shape index (κ2) is 6.09. The summed E-state index contributed by atoms with van der Waals surface area (Å²) in [6, 6.07) is 7.08. The average molecular weight is 301 g/mol. The van der Waals surface area contributed by atoms with Crippen molar-refractivity contribution in [3.05, 3.63) is 53.5 Å². The number of halogens is 4. The van der Waals surface area contributed by atoms with E-state index in [1.807, 2.05) is 0 Å². The molecule has 1 N–H and O–H groups in total. The lowest BCUT2D eigenvalue weighted by atomic mass is 10.1. The van der Waals surface area contributed by atoms with E-state index in [9.17, 15) is 17.6 Å². The van der Waals surface area contributed by atoms with Gasteiger partial charge in [-0.2, -0.15) is 13.2 Å². The SMILES string of the molecule is OCCc1ccc(Oc2cccc(C(F)(F)F)n2)c(F)c1. The van der Waals surface area contributed by atoms with Crippen molar-refractivity contribution in [3.8, 4) is 11.6 Å². The molecule has 1 aromatic carbocycles. The fraction of sp³-hybridized carbons (Fsp3) is 0.214. The molecule has 112 valence electrons. The molecular formula is C14H11F4NO2. The van der Waals surface area contributed by atoms with Crippen molar-refractivity contribution in [2.45, 2.75) is 12.6 Å². The van der Waals surface area contributed by atoms with Gasteiger partial charge in [0.1, 0.15) is 5.69 Å². The standard InChI is InChI=1S/C14H11F4NO2/c15-10-8-9(6-7-20)4-5-11(10)21-13-3-1-2-12(19-13)14(16,17)18/h1-5,8,20H,6-7H2. The van der Waals surface area contributed by atoms with Gasteiger partial charge in [0.05, 0.1) is 0 Å². The highest BCUT2D eigenvalue weighted by molar-refractivity contribution is 5.32. The fourth-order valence-electron chi connectivity index (χ4n) is 1.65. The zero-order valence-corrected chi connectivity index (χ0v) is 10.7. The molecule has 0 radical (unpaired) electrons. The van der Waals surface area contributed by atoms with Crippen LogP contribution in [0.25, 0.3) is 0 Å². The second-order valence-electron chi connectivity index (χ2n) is 4.20. The minimum absolute atomic E-state index is 0.130. The van der Waals surface area contributed by atoms with Crippen LogP contribution in [0.1, 0.15) is 11.3 Å². The van der Waals surface area contributed by atoms with Gasteiger partial charge in [-0.05, 0) is 30.2 Å². The molecule has 0 amide bonds. The van der Waals surface area contributed by atoms with E-state index < -0.39 is 17.7 Å². The Labute approximate surface area is 117 Å². The molecule has 0 aliphatic carbocycles. The zero-order chi connectivity index (χ0) is 15.5. The second-order valence-corrected chi connectivity index (χ2v) is 4.20. The summed E-state index contributed by atoms with van der Waals surface area (Å²) < 4.78 is 56.3. The van der Waals surface area contributed by atoms with Crippen LogP contribution >= 0.6 is 0 Å². The van der Waals surface area contributed by atoms with Crippen LogP contribution in [0.2, 0.25) is 0 Å². The van der Waals surface area contributed by atoms with Gasteiger partial charge in [0.25, 0.3) is 0 Å². The molecular weight excluding hydrogens is 290 g/mol. The third-order valence-electron chi connectivity index (χ3n) is 2.63. The van der Waals surface area contributed by atoms with Crippen LogP contribution in [0, 0.1) is 5.82 Å². The van der Waals surface area contributed by atoms with E-state index in [1.165, 1.54) is 18.2 Å². The molecule has 3 nitrogen and oxygen atoms in total. The third-order valence-corrected chi connectivity index (χ3v) is 2.63. The average Bonchev–Trinajstić information content (AvgIpc) is 2.42. The van der Waals surface area contributed by atoms with Gasteiger partial charge in [0, 0.05) is 12.7 Å². The number of aromatic nitrogens is 1. The largest absolute Gasteiger partial charge is 0.436 e. The smallest absolute Gasteiger partial charge is 0.433 e. The number of aliphatic hydroxyl groups excluding tert-OH is 1. The predicted octanol–water partition coefficient (Wildman–Crippen LogP) is 3.57. The first-order chi connectivity index (χ1) is 9.90. The summed E-state index contributed by atoms with van der Waals surface area (Å²) in [5.74, 6) is -1.32. The molecule has 21 heavy (non-hydrogen) atoms. The van der Waals surface area contributed by atoms with Crippen LogP contribution in [0.4, 0.5) is 17.6 Å². The molecule has 1 heterocycles. The van der Waals surface area contributed by atoms with E-state index in [4.69, 9.17) is 9.84 Å². The number of aliphatic hydroxyl groups is 1. The fourth-order valence-corrected chi connectivity index (χ4v) is 1.65. The molecule has 0 bridgehead atoms. The Bertz CT molecular complexity index is 629. The highest BCUT2D eigenvalue weighted by Crippen LogP contribution is 2.30. The maximum Gasteiger partial charge on any atom is 0.433 e. The molecule has 0 saturated heterocycles. The number of hydrogen-bond donors (Lipinski definition) is 1. The van der Waals surface area contributed by atoms with E-state index in [2.05, 4.69) is 4.98 Å². The Morgan fingerprint density at radius 2 is 1.90 bits per heavy atom. The highest BCUT2D eigenvalue weighted by Gasteiger charge is 2.32. The lowest BCUT2D eigenvalue weighted by Gasteiger charge is -2.10. The van der Waals surface area contributed by atoms with E-state index in [0.29, 0.717) is 5.56 Å². The molecule has 2 rings (SSSR count). The molecule has 2 aromatic rings. The number of benzene rings is 1. The zero-order valence-electron chi connectivity index (χ0n) is 10.7. The summed E-state index contributed by atoms with van der Waals surface area (Å²) in [5, 5.41) is 8.75. The van der Waals surface area contributed by atoms with Gasteiger partial charge in [-0.15, -0.1) is 0 Å². The summed E-state index contributed by atoms with van der Waals surface area (Å²) in [4.78, 5) is 3.29. The Hall–Kier alpha value is -2.15. The van der Waals surface area contributed by atoms with Crippen LogP contribution in [0.3, 0.4) is 0 Å². The maximum absolute atomic E-state index is 13.7. The molecule has 0 atom stereocenters. The summed E-state index contributed by atoms with van der Waals surface area (Å²) in [5.41, 5.74) is -0.559. The van der Waals surface area contributed by atoms with E-state index in [0.717, 1.165) is 18.2 Å². The van der Waals surface area contributed by atoms with E-state index >= 15 is 0 Å². The number of rotatable bonds is 4. The lowest BCUT2D eigenvalue weighted by molar-refractivity contribution is -0.141. The Kier molecular flexibility index (Phi) is 4.42. The summed E-state index contributed by atoms with van der Waals surface area (Å²) in [6.45, 7) is -0.130. The number of ether oxygens (including phenoxy) is 1. The van der Waals surface area contributed by atoms with Crippen molar-refractivity contribution >= 4 is 0 Å². The third kappa shape index (κ3) is 3.91. The lowest BCUT2D eigenvalue weighted by Crippen LogP contribution is -2.08. The number of pyridine rings is 1. The van der Waals surface area contributed by atoms with Gasteiger partial charge < -0.3 is 9.84 Å². The maximum atomic E-state index is 13.7. The van der Waals surface area contributed by atoms with Crippen LogP contribution in [-0.4, -0.2) is 16.7 Å². The van der Waals surface area contributed by atoms with Gasteiger partial charge in [-0.1, -0.05) is 12.1 Å². The first-order valence-electron chi connectivity index (χ1n) is 6.01. The minimum Gasteiger partial charge on any atom is -0.436 e. The predicted molar refractivity (Wildman–Crippen MR) is 66.5 cm³/mol. The number of nitrogens with zero attached hydrogens (tertiary/aromatic N) is 1. The molecule has 0 aliphatic heterocycles. The van der Waals surface area contributed by atoms with Crippen LogP contribution in [-0.2, 0) is 12.6 Å². The highest BCUT2D eigenvalue weighted by atomic mass is 19.4. The van der Waals surface area contributed by atoms with Crippen LogP contribution in [0.5, 0.6) is 11.6 Å². The van der Waals surface area contributed by atoms with Gasteiger partial charge in [0.2, 0.25) is 5.88 Å². The van der Waals surface area contributed by atoms with E-state index in [-0.39, 0.29) is 24.7 Å². The normalized spacial score (nSPS) is 11.5. The van der Waals surface area contributed by atoms with Crippen LogP contribution in [0.15, 0.2) is 36.4 Å². The van der Waals surface area contributed by atoms with Crippen molar-refractivity contribution < 1.29 is 27.4 Å². The first kappa shape index (κ1) is 15.2. The molecule has 7 heteroatoms. The van der Waals surface area contributed by atoms with Gasteiger partial charge in [0.15, 0.2) is 11.6 Å². The van der Waals surface area contributed by atoms with Crippen molar-refractivity contribution in [3.63, 3.8) is 0 Å².